The maximum Gasteiger partial charge on any atom is 0.274 e. The third-order valence-electron chi connectivity index (χ3n) is 5.47. The Kier molecular flexibility index (Phi) is 5.58. The number of hydrogen-bond acceptors (Lipinski definition) is 5. The Bertz CT molecular complexity index is 1060. The molecular weight excluding hydrogens is 424 g/mol. The van der Waals surface area contributed by atoms with Crippen molar-refractivity contribution in [3.05, 3.63) is 68.9 Å². The molecule has 0 radical (unpaired) electrons. The zero-order chi connectivity index (χ0) is 21.4. The number of allylic oxidation sites excluding steroid dienone is 2. The second-order valence-corrected chi connectivity index (χ2v) is 8.79. The van der Waals surface area contributed by atoms with Gasteiger partial charge < -0.3 is 0 Å². The van der Waals surface area contributed by atoms with Crippen molar-refractivity contribution in [3.8, 4) is 0 Å². The molecule has 2 aliphatic rings. The number of fused-ring (bicyclic) bond motifs is 1. The van der Waals surface area contributed by atoms with Crippen molar-refractivity contribution >= 4 is 46.4 Å². The van der Waals surface area contributed by atoms with Crippen molar-refractivity contribution in [2.24, 2.45) is 11.8 Å². The van der Waals surface area contributed by atoms with Crippen molar-refractivity contribution in [1.82, 2.24) is 10.0 Å². The highest BCUT2D eigenvalue weighted by Crippen LogP contribution is 2.38. The summed E-state index contributed by atoms with van der Waals surface area (Å²) in [5.41, 5.74) is 1.17. The van der Waals surface area contributed by atoms with Crippen molar-refractivity contribution in [2.45, 2.75) is 19.8 Å². The molecule has 30 heavy (non-hydrogen) atoms. The third-order valence-corrected chi connectivity index (χ3v) is 6.71. The Balaban J connectivity index is 1.71. The molecule has 2 aromatic rings. The molecule has 1 aliphatic heterocycles. The summed E-state index contributed by atoms with van der Waals surface area (Å²) in [6.45, 7) is 1.50. The predicted octanol–water partition coefficient (Wildman–Crippen LogP) is 3.98. The second-order valence-electron chi connectivity index (χ2n) is 7.43. The van der Waals surface area contributed by atoms with Crippen LogP contribution in [0.1, 0.15) is 39.8 Å². The molecular formula is C22H19ClN2O4S. The first kappa shape index (κ1) is 20.5. The van der Waals surface area contributed by atoms with Crippen LogP contribution in [0.5, 0.6) is 0 Å². The zero-order valence-electron chi connectivity index (χ0n) is 16.2. The largest absolute Gasteiger partial charge is 0.291 e. The maximum absolute atomic E-state index is 13.4. The van der Waals surface area contributed by atoms with Crippen LogP contribution in [0, 0.1) is 11.8 Å². The number of nitrogens with zero attached hydrogens (tertiary/aromatic N) is 2. The van der Waals surface area contributed by atoms with Crippen LogP contribution in [0.4, 0.5) is 0 Å². The summed E-state index contributed by atoms with van der Waals surface area (Å²) in [4.78, 5) is 52.9. The molecule has 0 bridgehead atoms. The lowest BCUT2D eigenvalue weighted by atomic mass is 9.82. The quantitative estimate of drug-likeness (QED) is 0.398. The van der Waals surface area contributed by atoms with Gasteiger partial charge in [0, 0.05) is 0 Å². The summed E-state index contributed by atoms with van der Waals surface area (Å²) in [5, 5.41) is 3.77. The highest BCUT2D eigenvalue weighted by molar-refractivity contribution is 7.12. The summed E-state index contributed by atoms with van der Waals surface area (Å²) >= 11 is 7.43. The normalized spacial score (nSPS) is 20.7. The van der Waals surface area contributed by atoms with Crippen LogP contribution < -0.4 is 0 Å². The first-order valence-corrected chi connectivity index (χ1v) is 10.8. The van der Waals surface area contributed by atoms with E-state index >= 15 is 0 Å². The first-order valence-electron chi connectivity index (χ1n) is 9.55. The average molecular weight is 443 g/mol. The van der Waals surface area contributed by atoms with Crippen molar-refractivity contribution < 1.29 is 19.2 Å². The van der Waals surface area contributed by atoms with Crippen LogP contribution in [0.3, 0.4) is 0 Å². The van der Waals surface area contributed by atoms with Crippen LogP contribution in [0.25, 0.3) is 0 Å². The van der Waals surface area contributed by atoms with E-state index in [4.69, 9.17) is 11.6 Å². The summed E-state index contributed by atoms with van der Waals surface area (Å²) in [7, 11) is 0. The number of halogens is 1. The lowest BCUT2D eigenvalue weighted by Gasteiger charge is -2.30. The number of benzene rings is 1. The summed E-state index contributed by atoms with van der Waals surface area (Å²) in [5.74, 6) is -2.93. The lowest BCUT2D eigenvalue weighted by Crippen LogP contribution is -2.52. The van der Waals surface area contributed by atoms with Crippen molar-refractivity contribution in [2.75, 3.05) is 6.54 Å². The fourth-order valence-corrected chi connectivity index (χ4v) is 4.79. The number of amides is 3. The van der Waals surface area contributed by atoms with Gasteiger partial charge in [0.05, 0.1) is 27.3 Å². The van der Waals surface area contributed by atoms with E-state index in [1.807, 2.05) is 13.0 Å². The third kappa shape index (κ3) is 3.59. The summed E-state index contributed by atoms with van der Waals surface area (Å²) in [6, 6.07) is 9.75. The van der Waals surface area contributed by atoms with E-state index in [-0.39, 0.29) is 16.4 Å². The standard InChI is InChI=1S/C22H19ClN2O4S/c1-13-8-9-14-16(11-13)22(29)25(21(14)28)24(12-18(26)19-7-4-10-30-19)20(27)15-5-2-3-6-17(15)23/h2-8,10,14,16H,9,11-12H2,1H3/t14-,16+/m0/s1. The Morgan fingerprint density at radius 1 is 1.13 bits per heavy atom. The number of thiophene rings is 1. The second kappa shape index (κ2) is 8.16. The maximum atomic E-state index is 13.4. The van der Waals surface area contributed by atoms with Gasteiger partial charge in [0.25, 0.3) is 17.7 Å². The van der Waals surface area contributed by atoms with Gasteiger partial charge in [0.15, 0.2) is 5.78 Å². The van der Waals surface area contributed by atoms with Gasteiger partial charge in [-0.05, 0) is 43.3 Å². The van der Waals surface area contributed by atoms with Gasteiger partial charge >= 0.3 is 0 Å². The van der Waals surface area contributed by atoms with Gasteiger partial charge in [0.2, 0.25) is 0 Å². The molecule has 1 aromatic heterocycles. The molecule has 0 spiro atoms. The smallest absolute Gasteiger partial charge is 0.274 e. The van der Waals surface area contributed by atoms with E-state index in [0.29, 0.717) is 17.7 Å². The van der Waals surface area contributed by atoms with Gasteiger partial charge in [0.1, 0.15) is 6.54 Å². The molecule has 6 nitrogen and oxygen atoms in total. The number of rotatable bonds is 5. The number of hydrogen-bond donors (Lipinski definition) is 0. The van der Waals surface area contributed by atoms with E-state index in [9.17, 15) is 19.2 Å². The minimum Gasteiger partial charge on any atom is -0.291 e. The molecule has 3 amide bonds. The van der Waals surface area contributed by atoms with E-state index in [2.05, 4.69) is 0 Å². The monoisotopic (exact) mass is 442 g/mol. The fraction of sp³-hybridized carbons (Fsp3) is 0.273. The minimum atomic E-state index is -0.657. The zero-order valence-corrected chi connectivity index (χ0v) is 17.8. The van der Waals surface area contributed by atoms with Gasteiger partial charge in [-0.25, -0.2) is 5.01 Å². The molecule has 2 heterocycles. The van der Waals surface area contributed by atoms with Crippen LogP contribution in [-0.2, 0) is 9.59 Å². The number of Topliss-reactive ketones (excluding diaryl/α,β-unsaturated/α-hetero) is 1. The number of carbonyl (C=O) groups is 4. The van der Waals surface area contributed by atoms with E-state index < -0.39 is 36.1 Å². The Labute approximate surface area is 182 Å². The topological polar surface area (TPSA) is 74.8 Å². The minimum absolute atomic E-state index is 0.128. The van der Waals surface area contributed by atoms with Gasteiger partial charge in [-0.2, -0.15) is 5.01 Å². The van der Waals surface area contributed by atoms with Gasteiger partial charge in [-0.1, -0.05) is 41.4 Å². The molecule has 8 heteroatoms. The average Bonchev–Trinajstić information content (AvgIpc) is 3.34. The number of hydrazine groups is 1. The van der Waals surface area contributed by atoms with Crippen LogP contribution in [-0.4, -0.2) is 40.1 Å². The first-order chi connectivity index (χ1) is 14.4. The molecule has 1 fully saturated rings. The Morgan fingerprint density at radius 2 is 1.87 bits per heavy atom. The van der Waals surface area contributed by atoms with E-state index in [1.165, 1.54) is 17.4 Å². The number of imide groups is 1. The highest BCUT2D eigenvalue weighted by Gasteiger charge is 2.51. The Hall–Kier alpha value is -2.77. The molecule has 2 atom stereocenters. The predicted molar refractivity (Wildman–Crippen MR) is 113 cm³/mol. The number of carbonyl (C=O) groups excluding carboxylic acids is 4. The molecule has 1 saturated heterocycles. The molecule has 1 aromatic carbocycles. The van der Waals surface area contributed by atoms with Crippen molar-refractivity contribution in [1.29, 1.82) is 0 Å². The molecule has 0 unspecified atom stereocenters. The van der Waals surface area contributed by atoms with Crippen LogP contribution >= 0.6 is 22.9 Å². The SMILES string of the molecule is CC1=CC[C@@H]2C(=O)N(N(CC(=O)c3cccs3)C(=O)c3ccccc3Cl)C(=O)[C@@H]2C1. The van der Waals surface area contributed by atoms with E-state index in [0.717, 1.165) is 15.6 Å². The molecule has 4 rings (SSSR count). The lowest BCUT2D eigenvalue weighted by molar-refractivity contribution is -0.154. The summed E-state index contributed by atoms with van der Waals surface area (Å²) < 4.78 is 0. The van der Waals surface area contributed by atoms with Crippen molar-refractivity contribution in [3.63, 3.8) is 0 Å². The van der Waals surface area contributed by atoms with Crippen LogP contribution in [0.15, 0.2) is 53.4 Å². The number of ketones is 1. The molecule has 1 aliphatic carbocycles. The molecule has 0 saturated carbocycles. The van der Waals surface area contributed by atoms with Crippen LogP contribution in [0.2, 0.25) is 5.02 Å². The molecule has 154 valence electrons. The van der Waals surface area contributed by atoms with Gasteiger partial charge in [-0.15, -0.1) is 11.3 Å². The fourth-order valence-electron chi connectivity index (χ4n) is 3.92. The summed E-state index contributed by atoms with van der Waals surface area (Å²) in [6.07, 6.45) is 2.87. The highest BCUT2D eigenvalue weighted by atomic mass is 35.5. The van der Waals surface area contributed by atoms with Gasteiger partial charge in [-0.3, -0.25) is 19.2 Å². The van der Waals surface area contributed by atoms with E-state index in [1.54, 1.807) is 35.7 Å². The Morgan fingerprint density at radius 3 is 2.57 bits per heavy atom. The molecule has 0 N–H and O–H groups in total.